The Kier molecular flexibility index (Phi) is 7.02. The second-order valence-corrected chi connectivity index (χ2v) is 8.90. The van der Waals surface area contributed by atoms with E-state index in [4.69, 9.17) is 4.74 Å². The van der Waals surface area contributed by atoms with Gasteiger partial charge in [-0.3, -0.25) is 9.69 Å². The highest BCUT2D eigenvalue weighted by Crippen LogP contribution is 2.26. The molecule has 0 spiro atoms. The van der Waals surface area contributed by atoms with Crippen molar-refractivity contribution in [3.63, 3.8) is 0 Å². The number of carbonyl (C=O) groups is 1. The first-order valence-corrected chi connectivity index (χ1v) is 12.1. The molecule has 1 unspecified atom stereocenters. The summed E-state index contributed by atoms with van der Waals surface area (Å²) in [4.78, 5) is 29.2. The summed E-state index contributed by atoms with van der Waals surface area (Å²) in [6.07, 6.45) is 3.98. The highest BCUT2D eigenvalue weighted by molar-refractivity contribution is 5.81. The van der Waals surface area contributed by atoms with Crippen LogP contribution in [0.4, 0.5) is 0 Å². The molecule has 3 N–H and O–H groups in total. The van der Waals surface area contributed by atoms with Crippen LogP contribution in [0.3, 0.4) is 0 Å². The molecule has 1 saturated heterocycles. The fraction of sp³-hybridized carbons (Fsp3) is 0.296. The monoisotopic (exact) mass is 471 g/mol. The average molecular weight is 472 g/mol. The average Bonchev–Trinajstić information content (AvgIpc) is 3.39. The first-order chi connectivity index (χ1) is 17.2. The van der Waals surface area contributed by atoms with Crippen molar-refractivity contribution >= 4 is 16.9 Å². The number of benzene rings is 2. The molecule has 8 heteroatoms. The van der Waals surface area contributed by atoms with Crippen LogP contribution >= 0.6 is 0 Å². The van der Waals surface area contributed by atoms with E-state index < -0.39 is 0 Å². The molecule has 180 valence electrons. The number of hydrogen-bond acceptors (Lipinski definition) is 5. The van der Waals surface area contributed by atoms with Crippen molar-refractivity contribution < 1.29 is 14.8 Å². The standard InChI is InChI=1S/C27H30N6O2/c1-28-24(27(34)33-15-13-32(14-16-33)18-21-5-3-2-4-6-21)17-20-7-9-22(10-8-20)35-26-23-11-12-29-25(23)30-19-31-26/h2-12,19,24,28H,13-18H2,1H3,(H,29,30,31)/p+1. The van der Waals surface area contributed by atoms with Gasteiger partial charge in [0.15, 0.2) is 6.04 Å². The SMILES string of the molecule is C[NH2+]C(Cc1ccc(Oc2ncnc3[nH]ccc23)cc1)C(=O)N1CCN(Cc2ccccc2)CC1. The van der Waals surface area contributed by atoms with Gasteiger partial charge in [0.25, 0.3) is 5.91 Å². The number of aromatic amines is 1. The number of nitrogens with one attached hydrogen (secondary N) is 1. The van der Waals surface area contributed by atoms with Crippen LogP contribution in [0.25, 0.3) is 11.0 Å². The Labute approximate surface area is 204 Å². The zero-order valence-electron chi connectivity index (χ0n) is 19.9. The maximum Gasteiger partial charge on any atom is 0.281 e. The minimum absolute atomic E-state index is 0.135. The maximum atomic E-state index is 13.2. The minimum atomic E-state index is -0.135. The number of piperazine rings is 1. The van der Waals surface area contributed by atoms with Gasteiger partial charge in [-0.15, -0.1) is 0 Å². The molecule has 1 aliphatic heterocycles. The molecule has 1 fully saturated rings. The van der Waals surface area contributed by atoms with Crippen molar-refractivity contribution in [2.75, 3.05) is 33.2 Å². The van der Waals surface area contributed by atoms with E-state index in [1.807, 2.05) is 59.9 Å². The summed E-state index contributed by atoms with van der Waals surface area (Å²) in [5, 5.41) is 2.86. The zero-order chi connectivity index (χ0) is 24.0. The predicted octanol–water partition coefficient (Wildman–Crippen LogP) is 2.20. The van der Waals surface area contributed by atoms with E-state index in [1.165, 1.54) is 11.9 Å². The largest absolute Gasteiger partial charge is 0.438 e. The van der Waals surface area contributed by atoms with Gasteiger partial charge in [0.2, 0.25) is 5.88 Å². The van der Waals surface area contributed by atoms with Crippen molar-refractivity contribution in [2.24, 2.45) is 0 Å². The molecule has 0 aliphatic carbocycles. The van der Waals surface area contributed by atoms with Crippen LogP contribution < -0.4 is 10.1 Å². The van der Waals surface area contributed by atoms with Crippen LogP contribution in [0.1, 0.15) is 11.1 Å². The van der Waals surface area contributed by atoms with E-state index >= 15 is 0 Å². The van der Waals surface area contributed by atoms with Crippen molar-refractivity contribution in [1.29, 1.82) is 0 Å². The van der Waals surface area contributed by atoms with Gasteiger partial charge in [0, 0.05) is 45.3 Å². The van der Waals surface area contributed by atoms with Crippen molar-refractivity contribution in [3.05, 3.63) is 84.3 Å². The number of amides is 1. The van der Waals surface area contributed by atoms with E-state index in [-0.39, 0.29) is 11.9 Å². The fourth-order valence-corrected chi connectivity index (χ4v) is 4.54. The molecule has 1 amide bonds. The summed E-state index contributed by atoms with van der Waals surface area (Å²) in [5.41, 5.74) is 3.16. The van der Waals surface area contributed by atoms with Gasteiger partial charge in [0.05, 0.1) is 12.4 Å². The minimum Gasteiger partial charge on any atom is -0.438 e. The van der Waals surface area contributed by atoms with Gasteiger partial charge < -0.3 is 19.9 Å². The number of carbonyl (C=O) groups excluding carboxylic acids is 1. The zero-order valence-corrected chi connectivity index (χ0v) is 19.9. The molecule has 4 aromatic rings. The molecule has 2 aromatic carbocycles. The van der Waals surface area contributed by atoms with Crippen molar-refractivity contribution in [2.45, 2.75) is 19.0 Å². The van der Waals surface area contributed by atoms with E-state index in [0.717, 1.165) is 49.3 Å². The van der Waals surface area contributed by atoms with Crippen LogP contribution in [-0.2, 0) is 17.8 Å². The van der Waals surface area contributed by atoms with Gasteiger partial charge in [-0.25, -0.2) is 9.97 Å². The molecular formula is C27H31N6O2+. The lowest BCUT2D eigenvalue weighted by Crippen LogP contribution is -2.90. The first kappa shape index (κ1) is 23.0. The highest BCUT2D eigenvalue weighted by atomic mass is 16.5. The number of fused-ring (bicyclic) bond motifs is 1. The molecule has 0 bridgehead atoms. The number of nitrogens with zero attached hydrogens (tertiary/aromatic N) is 4. The van der Waals surface area contributed by atoms with Crippen molar-refractivity contribution in [1.82, 2.24) is 24.8 Å². The van der Waals surface area contributed by atoms with E-state index in [0.29, 0.717) is 18.1 Å². The van der Waals surface area contributed by atoms with Gasteiger partial charge in [-0.1, -0.05) is 42.5 Å². The second kappa shape index (κ2) is 10.7. The van der Waals surface area contributed by atoms with Crippen LogP contribution in [0, 0.1) is 0 Å². The molecule has 2 aromatic heterocycles. The lowest BCUT2D eigenvalue weighted by Gasteiger charge is -2.35. The third kappa shape index (κ3) is 5.50. The number of likely N-dealkylation sites (N-methyl/N-ethyl adjacent to an activating group) is 1. The van der Waals surface area contributed by atoms with Gasteiger partial charge in [0.1, 0.15) is 17.7 Å². The summed E-state index contributed by atoms with van der Waals surface area (Å²) in [7, 11) is 1.98. The summed E-state index contributed by atoms with van der Waals surface area (Å²) in [6.45, 7) is 4.29. The molecule has 8 nitrogen and oxygen atoms in total. The van der Waals surface area contributed by atoms with E-state index in [9.17, 15) is 4.79 Å². The van der Waals surface area contributed by atoms with Crippen LogP contribution in [0.15, 0.2) is 73.2 Å². The van der Waals surface area contributed by atoms with Crippen molar-refractivity contribution in [3.8, 4) is 11.6 Å². The summed E-state index contributed by atoms with van der Waals surface area (Å²) >= 11 is 0. The highest BCUT2D eigenvalue weighted by Gasteiger charge is 2.29. The molecule has 1 aliphatic rings. The molecule has 3 heterocycles. The first-order valence-electron chi connectivity index (χ1n) is 12.1. The molecule has 1 atom stereocenters. The van der Waals surface area contributed by atoms with Gasteiger partial charge >= 0.3 is 0 Å². The van der Waals surface area contributed by atoms with E-state index in [2.05, 4.69) is 44.1 Å². The Morgan fingerprint density at radius 3 is 2.51 bits per heavy atom. The Morgan fingerprint density at radius 1 is 1.00 bits per heavy atom. The number of H-pyrrole nitrogens is 1. The summed E-state index contributed by atoms with van der Waals surface area (Å²) < 4.78 is 5.97. The Morgan fingerprint density at radius 2 is 1.77 bits per heavy atom. The number of rotatable bonds is 8. The fourth-order valence-electron chi connectivity index (χ4n) is 4.54. The molecule has 0 saturated carbocycles. The number of hydrogen-bond donors (Lipinski definition) is 2. The van der Waals surface area contributed by atoms with E-state index in [1.54, 1.807) is 0 Å². The third-order valence-corrected chi connectivity index (χ3v) is 6.56. The number of quaternary nitrogens is 1. The second-order valence-electron chi connectivity index (χ2n) is 8.90. The van der Waals surface area contributed by atoms with Crippen LogP contribution in [0.2, 0.25) is 0 Å². The smallest absolute Gasteiger partial charge is 0.281 e. The molecule has 5 rings (SSSR count). The lowest BCUT2D eigenvalue weighted by atomic mass is 10.0. The normalized spacial score (nSPS) is 15.3. The Hall–Kier alpha value is -3.75. The number of nitrogens with two attached hydrogens (primary N) is 1. The number of ether oxygens (including phenoxy) is 1. The summed E-state index contributed by atoms with van der Waals surface area (Å²) in [5.74, 6) is 1.43. The maximum absolute atomic E-state index is 13.2. The van der Waals surface area contributed by atoms with Gasteiger partial charge in [-0.05, 0) is 29.3 Å². The van der Waals surface area contributed by atoms with Crippen LogP contribution in [0.5, 0.6) is 11.6 Å². The Balaban J connectivity index is 1.15. The molecule has 35 heavy (non-hydrogen) atoms. The quantitative estimate of drug-likeness (QED) is 0.411. The molecular weight excluding hydrogens is 440 g/mol. The number of aromatic nitrogens is 3. The topological polar surface area (TPSA) is 91.0 Å². The third-order valence-electron chi connectivity index (χ3n) is 6.56. The summed E-state index contributed by atoms with van der Waals surface area (Å²) in [6, 6.07) is 20.2. The predicted molar refractivity (Wildman–Crippen MR) is 134 cm³/mol. The lowest BCUT2D eigenvalue weighted by molar-refractivity contribution is -0.650. The molecule has 0 radical (unpaired) electrons. The Bertz CT molecular complexity index is 1250. The van der Waals surface area contributed by atoms with Gasteiger partial charge in [-0.2, -0.15) is 0 Å². The van der Waals surface area contributed by atoms with Crippen LogP contribution in [-0.4, -0.2) is 69.9 Å².